The number of hydrogen-bond acceptors (Lipinski definition) is 0. The van der Waals surface area contributed by atoms with Crippen molar-refractivity contribution in [1.29, 1.82) is 0 Å². The molecule has 0 aromatic rings. The Morgan fingerprint density at radius 2 is 2.00 bits per heavy atom. The molecule has 0 saturated heterocycles. The average Bonchev–Trinajstić information content (AvgIpc) is 2.40. The maximum absolute atomic E-state index is 5.08. The quantitative estimate of drug-likeness (QED) is 0.646. The Hall–Kier alpha value is 0.190. The second-order valence-electron chi connectivity index (χ2n) is 3.17. The summed E-state index contributed by atoms with van der Waals surface area (Å²) in [6.07, 6.45) is 3.52. The van der Waals surface area contributed by atoms with Crippen molar-refractivity contribution >= 4 is 9.52 Å². The Labute approximate surface area is 85.7 Å². The zero-order valence-electron chi connectivity index (χ0n) is 8.14. The van der Waals surface area contributed by atoms with Gasteiger partial charge in [-0.1, -0.05) is 0 Å². The molecule has 0 fully saturated rings. The van der Waals surface area contributed by atoms with E-state index in [-0.39, 0.29) is 9.52 Å². The molecule has 0 aromatic heterocycles. The van der Waals surface area contributed by atoms with Crippen LogP contribution in [0.4, 0.5) is 0 Å². The first kappa shape index (κ1) is 10.3. The molecule has 0 spiro atoms. The van der Waals surface area contributed by atoms with E-state index in [0.717, 1.165) is 6.42 Å². The van der Waals surface area contributed by atoms with Crippen LogP contribution >= 0.6 is 0 Å². The van der Waals surface area contributed by atoms with Crippen molar-refractivity contribution in [2.24, 2.45) is 0 Å². The molecule has 0 amide bonds. The van der Waals surface area contributed by atoms with Crippen LogP contribution in [0, 0.1) is 0 Å². The van der Waals surface area contributed by atoms with Crippen molar-refractivity contribution < 1.29 is 15.5 Å². The van der Waals surface area contributed by atoms with Crippen LogP contribution in [0.5, 0.6) is 0 Å². The van der Waals surface area contributed by atoms with Crippen LogP contribution in [0.2, 0.25) is 6.55 Å². The van der Waals surface area contributed by atoms with Crippen molar-refractivity contribution in [2.45, 2.75) is 39.7 Å². The molecule has 2 heteroatoms. The molecule has 0 heterocycles. The van der Waals surface area contributed by atoms with Crippen molar-refractivity contribution in [3.05, 3.63) is 20.9 Å². The topological polar surface area (TPSA) is 0 Å². The zero-order valence-corrected chi connectivity index (χ0v) is 10.5. The van der Waals surface area contributed by atoms with E-state index in [4.69, 9.17) is 15.5 Å². The van der Waals surface area contributed by atoms with E-state index in [2.05, 4.69) is 20.4 Å². The van der Waals surface area contributed by atoms with Gasteiger partial charge in [0.15, 0.2) is 0 Å². The van der Waals surface area contributed by atoms with Gasteiger partial charge >= 0.3 is 85.5 Å². The van der Waals surface area contributed by atoms with E-state index in [1.54, 1.807) is 16.3 Å². The standard InChI is InChI=1S/C10H17Si.Ni/c1-4-8-6-7-10(11-3)9(8)5-2;/h4-6,11H2,1-3H3;. The van der Waals surface area contributed by atoms with Crippen LogP contribution in [-0.4, -0.2) is 9.52 Å². The van der Waals surface area contributed by atoms with E-state index in [1.165, 1.54) is 17.4 Å². The van der Waals surface area contributed by atoms with Gasteiger partial charge in [-0.3, -0.25) is 0 Å². The fourth-order valence-electron chi connectivity index (χ4n) is 1.95. The van der Waals surface area contributed by atoms with Gasteiger partial charge in [-0.2, -0.15) is 0 Å². The summed E-state index contributed by atoms with van der Waals surface area (Å²) >= 11 is 5.08. The van der Waals surface area contributed by atoms with Crippen LogP contribution in [0.1, 0.15) is 33.1 Å². The van der Waals surface area contributed by atoms with Crippen molar-refractivity contribution in [3.63, 3.8) is 0 Å². The molecule has 1 aliphatic carbocycles. The molecule has 0 N–H and O–H groups in total. The molecule has 12 heavy (non-hydrogen) atoms. The summed E-state index contributed by atoms with van der Waals surface area (Å²) in [6, 6.07) is 0. The molecule has 0 nitrogen and oxygen atoms in total. The first-order valence-corrected chi connectivity index (χ1v) is 7.41. The van der Waals surface area contributed by atoms with Gasteiger partial charge in [0.25, 0.3) is 0 Å². The third kappa shape index (κ3) is 1.75. The molecule has 0 aromatic carbocycles. The van der Waals surface area contributed by atoms with E-state index in [9.17, 15) is 0 Å². The normalized spacial score (nSPS) is 19.1. The summed E-state index contributed by atoms with van der Waals surface area (Å²) < 4.78 is 1.30. The van der Waals surface area contributed by atoms with E-state index < -0.39 is 0 Å². The predicted octanol–water partition coefficient (Wildman–Crippen LogP) is 2.48. The fourth-order valence-corrected chi connectivity index (χ4v) is 4.25. The molecule has 0 unspecified atom stereocenters. The summed E-state index contributed by atoms with van der Waals surface area (Å²) in [5.41, 5.74) is 3.26. The van der Waals surface area contributed by atoms with Crippen molar-refractivity contribution in [3.8, 4) is 0 Å². The Bertz CT molecular complexity index is 238. The van der Waals surface area contributed by atoms with Gasteiger partial charge in [-0.25, -0.2) is 0 Å². The zero-order chi connectivity index (χ0) is 9.14. The third-order valence-corrected chi connectivity index (χ3v) is 4.91. The van der Waals surface area contributed by atoms with Crippen LogP contribution < -0.4 is 0 Å². The van der Waals surface area contributed by atoms with Gasteiger partial charge in [0.2, 0.25) is 0 Å². The van der Waals surface area contributed by atoms with Gasteiger partial charge in [-0.05, 0) is 0 Å². The van der Waals surface area contributed by atoms with E-state index in [0.29, 0.717) is 0 Å². The van der Waals surface area contributed by atoms with Crippen LogP contribution in [0.15, 0.2) is 20.9 Å². The predicted molar refractivity (Wildman–Crippen MR) is 53.7 cm³/mol. The average molecular weight is 224 g/mol. The van der Waals surface area contributed by atoms with Crippen LogP contribution in [0.25, 0.3) is 0 Å². The second kappa shape index (κ2) is 4.43. The summed E-state index contributed by atoms with van der Waals surface area (Å²) in [6.45, 7) is 6.86. The first-order chi connectivity index (χ1) is 5.74. The Balaban J connectivity index is 2.94. The number of rotatable bonds is 3. The summed E-state index contributed by atoms with van der Waals surface area (Å²) in [5, 5.41) is 1.62. The molecule has 1 aliphatic rings. The molecule has 1 rings (SSSR count). The minimum absolute atomic E-state index is 0.0286. The second-order valence-corrected chi connectivity index (χ2v) is 5.18. The minimum atomic E-state index is -0.0286. The summed E-state index contributed by atoms with van der Waals surface area (Å²) in [4.78, 5) is 0. The number of allylic oxidation sites excluding steroid dienone is 4. The Morgan fingerprint density at radius 3 is 2.42 bits per heavy atom. The molecular weight excluding hydrogens is 207 g/mol. The molecule has 0 saturated carbocycles. The molecule has 71 valence electrons. The van der Waals surface area contributed by atoms with Gasteiger partial charge in [-0.15, -0.1) is 0 Å². The molecule has 0 atom stereocenters. The van der Waals surface area contributed by atoms with E-state index >= 15 is 0 Å². The van der Waals surface area contributed by atoms with E-state index in [1.807, 2.05) is 0 Å². The molecular formula is C10H17NiSi. The van der Waals surface area contributed by atoms with Gasteiger partial charge < -0.3 is 0 Å². The van der Waals surface area contributed by atoms with Gasteiger partial charge in [0.05, 0.1) is 0 Å². The molecule has 0 aliphatic heterocycles. The van der Waals surface area contributed by atoms with Crippen molar-refractivity contribution in [1.82, 2.24) is 0 Å². The molecule has 0 bridgehead atoms. The molecule has 0 radical (unpaired) electrons. The van der Waals surface area contributed by atoms with Crippen molar-refractivity contribution in [2.75, 3.05) is 0 Å². The van der Waals surface area contributed by atoms with Crippen LogP contribution in [-0.2, 0) is 15.5 Å². The Morgan fingerprint density at radius 1 is 1.33 bits per heavy atom. The third-order valence-electron chi connectivity index (χ3n) is 2.59. The monoisotopic (exact) mass is 223 g/mol. The van der Waals surface area contributed by atoms with Crippen LogP contribution in [0.3, 0.4) is 0 Å². The maximum atomic E-state index is 5.08. The summed E-state index contributed by atoms with van der Waals surface area (Å²) in [5.74, 6) is 0. The summed E-state index contributed by atoms with van der Waals surface area (Å²) in [7, 11) is -0.0286. The first-order valence-electron chi connectivity index (χ1n) is 4.80. The Kier molecular flexibility index (Phi) is 3.79. The SMILES string of the molecule is CCC1=C(CC)C([SiH2]C)=[C]([Ni])C1. The number of hydrogen-bond donors (Lipinski definition) is 0. The fraction of sp³-hybridized carbons (Fsp3) is 0.600. The van der Waals surface area contributed by atoms with Gasteiger partial charge in [0.1, 0.15) is 0 Å². The van der Waals surface area contributed by atoms with Gasteiger partial charge in [0, 0.05) is 0 Å².